The van der Waals surface area contributed by atoms with Crippen LogP contribution in [0.1, 0.15) is 31.5 Å². The van der Waals surface area contributed by atoms with Gasteiger partial charge in [0, 0.05) is 12.2 Å². The molecular formula is C14H19ClN4. The summed E-state index contributed by atoms with van der Waals surface area (Å²) in [6.45, 7) is 6.14. The van der Waals surface area contributed by atoms with Crippen LogP contribution in [-0.2, 0) is 13.0 Å². The number of aromatic nitrogens is 3. The molecule has 0 radical (unpaired) electrons. The number of hydrogen-bond donors (Lipinski definition) is 1. The second-order valence-electron chi connectivity index (χ2n) is 4.46. The second-order valence-corrected chi connectivity index (χ2v) is 4.89. The van der Waals surface area contributed by atoms with Crippen LogP contribution in [0.25, 0.3) is 5.82 Å². The Kier molecular flexibility index (Phi) is 4.93. The maximum atomic E-state index is 5.90. The minimum absolute atomic E-state index is 0.620. The predicted molar refractivity (Wildman–Crippen MR) is 77.7 cm³/mol. The molecule has 4 nitrogen and oxygen atoms in total. The summed E-state index contributed by atoms with van der Waals surface area (Å²) in [5.41, 5.74) is 2.29. The van der Waals surface area contributed by atoms with Crippen molar-refractivity contribution in [2.24, 2.45) is 0 Å². The van der Waals surface area contributed by atoms with Gasteiger partial charge >= 0.3 is 0 Å². The fourth-order valence-corrected chi connectivity index (χ4v) is 2.01. The van der Waals surface area contributed by atoms with E-state index in [-0.39, 0.29) is 0 Å². The van der Waals surface area contributed by atoms with Crippen LogP contribution in [0, 0.1) is 0 Å². The van der Waals surface area contributed by atoms with E-state index in [1.807, 2.05) is 6.07 Å². The van der Waals surface area contributed by atoms with Gasteiger partial charge in [0.1, 0.15) is 0 Å². The molecule has 19 heavy (non-hydrogen) atoms. The Morgan fingerprint density at radius 2 is 2.16 bits per heavy atom. The average molecular weight is 279 g/mol. The molecule has 1 N–H and O–H groups in total. The van der Waals surface area contributed by atoms with Crippen LogP contribution in [0.2, 0.25) is 5.02 Å². The Morgan fingerprint density at radius 3 is 2.79 bits per heavy atom. The van der Waals surface area contributed by atoms with E-state index in [0.717, 1.165) is 37.4 Å². The molecule has 0 unspecified atom stereocenters. The van der Waals surface area contributed by atoms with Gasteiger partial charge in [-0.2, -0.15) is 5.10 Å². The van der Waals surface area contributed by atoms with Gasteiger partial charge in [-0.15, -0.1) is 0 Å². The topological polar surface area (TPSA) is 42.7 Å². The minimum Gasteiger partial charge on any atom is -0.313 e. The number of nitrogens with one attached hydrogen (secondary N) is 1. The number of halogens is 1. The lowest BCUT2D eigenvalue weighted by Crippen LogP contribution is -2.14. The highest BCUT2D eigenvalue weighted by molar-refractivity contribution is 6.30. The molecule has 0 spiro atoms. The van der Waals surface area contributed by atoms with E-state index in [0.29, 0.717) is 5.02 Å². The average Bonchev–Trinajstić information content (AvgIpc) is 2.85. The molecule has 0 saturated carbocycles. The van der Waals surface area contributed by atoms with Gasteiger partial charge in [0.25, 0.3) is 0 Å². The molecule has 2 rings (SSSR count). The van der Waals surface area contributed by atoms with Crippen molar-refractivity contribution in [1.82, 2.24) is 20.1 Å². The van der Waals surface area contributed by atoms with Crippen molar-refractivity contribution in [3.05, 3.63) is 40.8 Å². The van der Waals surface area contributed by atoms with E-state index in [9.17, 15) is 0 Å². The Morgan fingerprint density at radius 1 is 1.32 bits per heavy atom. The first-order chi connectivity index (χ1) is 9.22. The van der Waals surface area contributed by atoms with Crippen LogP contribution in [0.15, 0.2) is 24.5 Å². The van der Waals surface area contributed by atoms with Crippen molar-refractivity contribution in [2.75, 3.05) is 6.54 Å². The van der Waals surface area contributed by atoms with E-state index in [4.69, 9.17) is 11.6 Å². The first-order valence-electron chi connectivity index (χ1n) is 6.64. The van der Waals surface area contributed by atoms with E-state index >= 15 is 0 Å². The van der Waals surface area contributed by atoms with Gasteiger partial charge in [0.2, 0.25) is 0 Å². The lowest BCUT2D eigenvalue weighted by molar-refractivity contribution is 0.672. The molecular weight excluding hydrogens is 260 g/mol. The molecule has 0 aliphatic carbocycles. The largest absolute Gasteiger partial charge is 0.313 e. The molecule has 0 amide bonds. The van der Waals surface area contributed by atoms with Gasteiger partial charge in [0.05, 0.1) is 17.4 Å². The standard InChI is InChI=1S/C14H19ClN4/c1-3-5-16-8-11-6-13(4-2)18-14(7-11)19-10-12(15)9-17-19/h6-7,9-10,16H,3-5,8H2,1-2H3. The van der Waals surface area contributed by atoms with Crippen molar-refractivity contribution in [1.29, 1.82) is 0 Å². The molecule has 0 atom stereocenters. The van der Waals surface area contributed by atoms with E-state index < -0.39 is 0 Å². The summed E-state index contributed by atoms with van der Waals surface area (Å²) in [6.07, 6.45) is 5.43. The number of pyridine rings is 1. The van der Waals surface area contributed by atoms with E-state index in [1.54, 1.807) is 17.1 Å². The zero-order valence-electron chi connectivity index (χ0n) is 11.4. The van der Waals surface area contributed by atoms with Crippen LogP contribution in [0.4, 0.5) is 0 Å². The summed E-state index contributed by atoms with van der Waals surface area (Å²) in [7, 11) is 0. The summed E-state index contributed by atoms with van der Waals surface area (Å²) < 4.78 is 1.71. The van der Waals surface area contributed by atoms with Crippen LogP contribution >= 0.6 is 11.6 Å². The monoisotopic (exact) mass is 278 g/mol. The number of nitrogens with zero attached hydrogens (tertiary/aromatic N) is 3. The lowest BCUT2D eigenvalue weighted by atomic mass is 10.2. The molecule has 0 aromatic carbocycles. The van der Waals surface area contributed by atoms with Crippen molar-refractivity contribution in [3.63, 3.8) is 0 Å². The third-order valence-corrected chi connectivity index (χ3v) is 3.02. The minimum atomic E-state index is 0.620. The van der Waals surface area contributed by atoms with Crippen molar-refractivity contribution >= 4 is 11.6 Å². The van der Waals surface area contributed by atoms with Gasteiger partial charge in [-0.1, -0.05) is 25.4 Å². The van der Waals surface area contributed by atoms with Gasteiger partial charge in [-0.05, 0) is 37.1 Å². The molecule has 0 aliphatic rings. The van der Waals surface area contributed by atoms with Gasteiger partial charge in [0.15, 0.2) is 5.82 Å². The van der Waals surface area contributed by atoms with Crippen molar-refractivity contribution in [2.45, 2.75) is 33.2 Å². The highest BCUT2D eigenvalue weighted by atomic mass is 35.5. The summed E-state index contributed by atoms with van der Waals surface area (Å²) in [6, 6.07) is 4.18. The zero-order valence-corrected chi connectivity index (χ0v) is 12.1. The molecule has 2 aromatic heterocycles. The maximum absolute atomic E-state index is 5.90. The zero-order chi connectivity index (χ0) is 13.7. The first kappa shape index (κ1) is 14.0. The molecule has 0 aliphatic heterocycles. The molecule has 0 saturated heterocycles. The predicted octanol–water partition coefficient (Wildman–Crippen LogP) is 2.98. The molecule has 2 heterocycles. The first-order valence-corrected chi connectivity index (χ1v) is 7.01. The molecule has 2 aromatic rings. The van der Waals surface area contributed by atoms with Crippen LogP contribution in [0.3, 0.4) is 0 Å². The fraction of sp³-hybridized carbons (Fsp3) is 0.429. The molecule has 5 heteroatoms. The molecule has 0 bridgehead atoms. The smallest absolute Gasteiger partial charge is 0.153 e. The highest BCUT2D eigenvalue weighted by Gasteiger charge is 2.05. The lowest BCUT2D eigenvalue weighted by Gasteiger charge is -2.09. The second kappa shape index (κ2) is 6.68. The van der Waals surface area contributed by atoms with Gasteiger partial charge in [-0.25, -0.2) is 9.67 Å². The maximum Gasteiger partial charge on any atom is 0.153 e. The summed E-state index contributed by atoms with van der Waals surface area (Å²) in [5, 5.41) is 8.22. The third-order valence-electron chi connectivity index (χ3n) is 2.83. The van der Waals surface area contributed by atoms with E-state index in [2.05, 4.69) is 35.3 Å². The number of hydrogen-bond acceptors (Lipinski definition) is 3. The Bertz CT molecular complexity index is 536. The van der Waals surface area contributed by atoms with Gasteiger partial charge in [-0.3, -0.25) is 0 Å². The number of aryl methyl sites for hydroxylation is 1. The van der Waals surface area contributed by atoms with Crippen LogP contribution in [0.5, 0.6) is 0 Å². The Balaban J connectivity index is 2.25. The third kappa shape index (κ3) is 3.78. The summed E-state index contributed by atoms with van der Waals surface area (Å²) in [4.78, 5) is 4.58. The van der Waals surface area contributed by atoms with Crippen molar-refractivity contribution < 1.29 is 0 Å². The van der Waals surface area contributed by atoms with Crippen LogP contribution < -0.4 is 5.32 Å². The highest BCUT2D eigenvalue weighted by Crippen LogP contribution is 2.13. The molecule has 102 valence electrons. The normalized spacial score (nSPS) is 10.9. The molecule has 0 fully saturated rings. The number of rotatable bonds is 6. The van der Waals surface area contributed by atoms with Crippen LogP contribution in [-0.4, -0.2) is 21.3 Å². The fourth-order valence-electron chi connectivity index (χ4n) is 1.87. The Hall–Kier alpha value is -1.39. The summed E-state index contributed by atoms with van der Waals surface area (Å²) >= 11 is 5.90. The van der Waals surface area contributed by atoms with Crippen molar-refractivity contribution in [3.8, 4) is 5.82 Å². The van der Waals surface area contributed by atoms with E-state index in [1.165, 1.54) is 5.56 Å². The SMILES string of the molecule is CCCNCc1cc(CC)nc(-n2cc(Cl)cn2)c1. The summed E-state index contributed by atoms with van der Waals surface area (Å²) in [5.74, 6) is 0.819. The quantitative estimate of drug-likeness (QED) is 0.826. The Labute approximate surface area is 118 Å². The van der Waals surface area contributed by atoms with Gasteiger partial charge < -0.3 is 5.32 Å².